The molecule has 17 heavy (non-hydrogen) atoms. The van der Waals surface area contributed by atoms with Crippen LogP contribution in [0, 0.1) is 0 Å². The topological polar surface area (TPSA) is 50.1 Å². The van der Waals surface area contributed by atoms with Crippen LogP contribution in [0.1, 0.15) is 0 Å². The minimum Gasteiger partial charge on any atom is -0.331 e. The molecule has 0 bridgehead atoms. The molecule has 0 heterocycles. The van der Waals surface area contributed by atoms with E-state index in [-0.39, 0.29) is 0 Å². The van der Waals surface area contributed by atoms with E-state index in [0.717, 1.165) is 11.4 Å². The number of anilines is 2. The van der Waals surface area contributed by atoms with E-state index in [4.69, 9.17) is 17.3 Å². The summed E-state index contributed by atoms with van der Waals surface area (Å²) in [6, 6.07) is 19.5. The molecule has 2 rings (SSSR count). The maximum absolute atomic E-state index is 6.08. The minimum absolute atomic E-state index is 0.932. The Kier molecular flexibility index (Phi) is 3.79. The van der Waals surface area contributed by atoms with Gasteiger partial charge in [0, 0.05) is 11.4 Å². The van der Waals surface area contributed by atoms with Crippen LogP contribution in [0.5, 0.6) is 0 Å². The monoisotopic (exact) mass is 263 g/mol. The van der Waals surface area contributed by atoms with Gasteiger partial charge in [0.25, 0.3) is 0 Å². The summed E-state index contributed by atoms with van der Waals surface area (Å²) in [5, 5.41) is 6.32. The summed E-state index contributed by atoms with van der Waals surface area (Å²) in [4.78, 5) is 0. The molecule has 0 spiro atoms. The largest absolute Gasteiger partial charge is 0.331 e. The van der Waals surface area contributed by atoms with E-state index in [2.05, 4.69) is 10.2 Å². The van der Waals surface area contributed by atoms with Crippen LogP contribution in [0.15, 0.2) is 60.7 Å². The summed E-state index contributed by atoms with van der Waals surface area (Å²) in [5.74, 6) is 0. The highest BCUT2D eigenvalue weighted by atomic mass is 32.4. The first-order valence-corrected chi connectivity index (χ1v) is 8.08. The van der Waals surface area contributed by atoms with Crippen molar-refractivity contribution >= 4 is 29.7 Å². The Labute approximate surface area is 106 Å². The summed E-state index contributed by atoms with van der Waals surface area (Å²) in [5.41, 5.74) is 7.95. The second-order valence-electron chi connectivity index (χ2n) is 3.61. The summed E-state index contributed by atoms with van der Waals surface area (Å²) < 4.78 is 0. The lowest BCUT2D eigenvalue weighted by atomic mass is 10.3. The third kappa shape index (κ3) is 3.86. The van der Waals surface area contributed by atoms with E-state index in [9.17, 15) is 0 Å². The van der Waals surface area contributed by atoms with Crippen LogP contribution in [-0.4, -0.2) is 0 Å². The normalized spacial score (nSPS) is 10.9. The van der Waals surface area contributed by atoms with E-state index in [1.807, 2.05) is 60.7 Å². The second-order valence-corrected chi connectivity index (χ2v) is 7.10. The lowest BCUT2D eigenvalue weighted by molar-refractivity contribution is 1.61. The van der Waals surface area contributed by atoms with E-state index in [1.54, 1.807) is 0 Å². The van der Waals surface area contributed by atoms with Gasteiger partial charge in [0.2, 0.25) is 0 Å². The molecule has 0 saturated carbocycles. The molecule has 0 aliphatic heterocycles. The maximum atomic E-state index is 6.08. The fourth-order valence-electron chi connectivity index (χ4n) is 1.44. The predicted molar refractivity (Wildman–Crippen MR) is 78.6 cm³/mol. The molecule has 0 fully saturated rings. The first-order chi connectivity index (χ1) is 8.16. The van der Waals surface area contributed by atoms with Crippen LogP contribution < -0.4 is 15.7 Å². The molecule has 0 amide bonds. The molecule has 0 radical (unpaired) electrons. The second kappa shape index (κ2) is 5.32. The van der Waals surface area contributed by atoms with Gasteiger partial charge in [-0.15, -0.1) is 0 Å². The van der Waals surface area contributed by atoms with Gasteiger partial charge in [0.15, 0.2) is 6.49 Å². The van der Waals surface area contributed by atoms with Gasteiger partial charge in [-0.1, -0.05) is 36.4 Å². The summed E-state index contributed by atoms with van der Waals surface area (Å²) in [7, 11) is 0. The SMILES string of the molecule is NP(=S)(Nc1ccccc1)Nc1ccccc1. The molecule has 0 aromatic heterocycles. The average molecular weight is 263 g/mol. The molecule has 0 atom stereocenters. The van der Waals surface area contributed by atoms with E-state index >= 15 is 0 Å². The van der Waals surface area contributed by atoms with Crippen molar-refractivity contribution in [2.45, 2.75) is 0 Å². The molecule has 0 unspecified atom stereocenters. The Morgan fingerprint density at radius 1 is 0.765 bits per heavy atom. The first-order valence-electron chi connectivity index (χ1n) is 5.21. The lowest BCUT2D eigenvalue weighted by Gasteiger charge is -2.21. The summed E-state index contributed by atoms with van der Waals surface area (Å²) >= 11 is 5.37. The van der Waals surface area contributed by atoms with Gasteiger partial charge >= 0.3 is 0 Å². The molecule has 88 valence electrons. The van der Waals surface area contributed by atoms with Gasteiger partial charge in [0.1, 0.15) is 0 Å². The fraction of sp³-hybridized carbons (Fsp3) is 0. The quantitative estimate of drug-likeness (QED) is 0.740. The molecular formula is C12H14N3PS. The summed E-state index contributed by atoms with van der Waals surface area (Å²) in [6.45, 7) is -2.30. The van der Waals surface area contributed by atoms with Crippen LogP contribution in [0.25, 0.3) is 0 Å². The van der Waals surface area contributed by atoms with Gasteiger partial charge in [-0.05, 0) is 36.1 Å². The zero-order valence-electron chi connectivity index (χ0n) is 9.21. The van der Waals surface area contributed by atoms with Crippen molar-refractivity contribution in [2.75, 3.05) is 10.2 Å². The number of hydrogen-bond acceptors (Lipinski definition) is 1. The van der Waals surface area contributed by atoms with Crippen molar-refractivity contribution in [3.8, 4) is 0 Å². The molecule has 0 aliphatic rings. The van der Waals surface area contributed by atoms with Crippen molar-refractivity contribution in [2.24, 2.45) is 5.50 Å². The Balaban J connectivity index is 2.07. The zero-order valence-corrected chi connectivity index (χ0v) is 10.9. The van der Waals surface area contributed by atoms with Gasteiger partial charge in [-0.25, -0.2) is 0 Å². The molecule has 2 aromatic carbocycles. The molecule has 0 aliphatic carbocycles. The molecule has 0 saturated heterocycles. The number of rotatable bonds is 4. The van der Waals surface area contributed by atoms with Gasteiger partial charge < -0.3 is 10.2 Å². The van der Waals surface area contributed by atoms with E-state index in [1.165, 1.54) is 0 Å². The third-order valence-corrected chi connectivity index (χ3v) is 3.87. The number of nitrogens with two attached hydrogens (primary N) is 1. The first kappa shape index (κ1) is 12.1. The van der Waals surface area contributed by atoms with E-state index in [0.29, 0.717) is 0 Å². The molecule has 4 N–H and O–H groups in total. The van der Waals surface area contributed by atoms with E-state index < -0.39 is 6.49 Å². The number of para-hydroxylation sites is 2. The van der Waals surface area contributed by atoms with Gasteiger partial charge in [0.05, 0.1) is 0 Å². The smallest absolute Gasteiger partial charge is 0.183 e. The Morgan fingerprint density at radius 3 is 1.47 bits per heavy atom. The van der Waals surface area contributed by atoms with Crippen LogP contribution in [0.4, 0.5) is 11.4 Å². The highest BCUT2D eigenvalue weighted by Gasteiger charge is 2.09. The Hall–Kier alpha value is -1.35. The molecule has 3 nitrogen and oxygen atoms in total. The molecular weight excluding hydrogens is 249 g/mol. The van der Waals surface area contributed by atoms with Crippen molar-refractivity contribution in [3.63, 3.8) is 0 Å². The van der Waals surface area contributed by atoms with Crippen molar-refractivity contribution < 1.29 is 0 Å². The van der Waals surface area contributed by atoms with Crippen molar-refractivity contribution in [3.05, 3.63) is 60.7 Å². The highest BCUT2D eigenvalue weighted by molar-refractivity contribution is 8.14. The average Bonchev–Trinajstić information content (AvgIpc) is 2.30. The number of hydrogen-bond donors (Lipinski definition) is 3. The summed E-state index contributed by atoms with van der Waals surface area (Å²) in [6.07, 6.45) is 0. The zero-order chi connectivity index (χ0) is 12.1. The van der Waals surface area contributed by atoms with Crippen LogP contribution in [0.3, 0.4) is 0 Å². The maximum Gasteiger partial charge on any atom is 0.183 e. The Bertz CT molecular complexity index is 470. The lowest BCUT2D eigenvalue weighted by Crippen LogP contribution is -2.13. The van der Waals surface area contributed by atoms with Crippen LogP contribution >= 0.6 is 6.49 Å². The Morgan fingerprint density at radius 2 is 1.12 bits per heavy atom. The number of benzene rings is 2. The standard InChI is InChI=1S/C12H14N3PS/c13-16(17,14-11-7-3-1-4-8-11)15-12-9-5-2-6-10-12/h1-10H,(H4,13,14,15,17). The van der Waals surface area contributed by atoms with Crippen molar-refractivity contribution in [1.29, 1.82) is 0 Å². The molecule has 2 aromatic rings. The fourth-order valence-corrected chi connectivity index (χ4v) is 3.19. The van der Waals surface area contributed by atoms with Gasteiger partial charge in [-0.2, -0.15) is 0 Å². The minimum atomic E-state index is -2.30. The van der Waals surface area contributed by atoms with Gasteiger partial charge in [-0.3, -0.25) is 5.50 Å². The van der Waals surface area contributed by atoms with Crippen molar-refractivity contribution in [1.82, 2.24) is 0 Å². The predicted octanol–water partition coefficient (Wildman–Crippen LogP) is 3.39. The number of nitrogens with one attached hydrogen (secondary N) is 2. The van der Waals surface area contributed by atoms with Crippen LogP contribution in [-0.2, 0) is 11.8 Å². The molecule has 5 heteroatoms. The highest BCUT2D eigenvalue weighted by Crippen LogP contribution is 2.37. The van der Waals surface area contributed by atoms with Crippen LogP contribution in [0.2, 0.25) is 0 Å². The third-order valence-electron chi connectivity index (χ3n) is 2.14.